The van der Waals surface area contributed by atoms with Gasteiger partial charge >= 0.3 is 29.4 Å². The maximum atomic E-state index is 14.3. The van der Waals surface area contributed by atoms with E-state index < -0.39 is 48.3 Å². The van der Waals surface area contributed by atoms with Gasteiger partial charge in [-0.2, -0.15) is 26.3 Å². The number of hydrogen-bond donors (Lipinski definition) is 0. The fraction of sp³-hybridized carbons (Fsp3) is 0.400. The molecular weight excluding hydrogens is 570 g/mol. The molecule has 6 nitrogen and oxygen atoms in total. The summed E-state index contributed by atoms with van der Waals surface area (Å²) in [6.45, 7) is 1.81. The van der Waals surface area contributed by atoms with Gasteiger partial charge in [-0.15, -0.1) is 0 Å². The first-order valence-electron chi connectivity index (χ1n) is 13.0. The van der Waals surface area contributed by atoms with Crippen LogP contribution in [0.1, 0.15) is 38.7 Å². The third kappa shape index (κ3) is 7.08. The van der Waals surface area contributed by atoms with E-state index in [1.165, 1.54) is 19.2 Å². The second-order valence-electron chi connectivity index (χ2n) is 9.77. The minimum Gasteiger partial charge on any atom is -0.496 e. The molecule has 3 aromatic rings. The first-order valence-corrected chi connectivity index (χ1v) is 13.0. The summed E-state index contributed by atoms with van der Waals surface area (Å²) >= 11 is 0. The zero-order valence-corrected chi connectivity index (χ0v) is 23.2. The van der Waals surface area contributed by atoms with Crippen LogP contribution >= 0.6 is 0 Å². The lowest BCUT2D eigenvalue weighted by Gasteiger charge is -2.32. The summed E-state index contributed by atoms with van der Waals surface area (Å²) in [6.07, 6.45) is 3.98. The summed E-state index contributed by atoms with van der Waals surface area (Å²) in [5.74, 6) is -18.2. The highest BCUT2D eigenvalue weighted by atomic mass is 19.3. The van der Waals surface area contributed by atoms with Crippen LogP contribution in [-0.2, 0) is 16.0 Å². The van der Waals surface area contributed by atoms with Crippen molar-refractivity contribution in [2.45, 2.75) is 57.3 Å². The molecule has 2 aromatic carbocycles. The molecule has 0 amide bonds. The Labute approximate surface area is 237 Å². The SMILES string of the molecule is C=C(C)C(=O)OCC(F)(F)C(F)(F)C(F)(F)COc1ccc2cc(-c3ccc(CCCCC)cc3OC)c(=O)oc2c1. The molecular formula is C30H30F6O6. The summed E-state index contributed by atoms with van der Waals surface area (Å²) in [6, 6.07) is 10.4. The van der Waals surface area contributed by atoms with Crippen LogP contribution in [0.2, 0.25) is 0 Å². The van der Waals surface area contributed by atoms with Gasteiger partial charge in [0.15, 0.2) is 13.2 Å². The third-order valence-corrected chi connectivity index (χ3v) is 6.40. The predicted octanol–water partition coefficient (Wildman–Crippen LogP) is 7.61. The highest BCUT2D eigenvalue weighted by molar-refractivity contribution is 5.87. The quantitative estimate of drug-likeness (QED) is 0.0624. The second kappa shape index (κ2) is 12.9. The maximum Gasteiger partial charge on any atom is 0.378 e. The van der Waals surface area contributed by atoms with Crippen LogP contribution in [0.3, 0.4) is 0 Å². The second-order valence-corrected chi connectivity index (χ2v) is 9.77. The van der Waals surface area contributed by atoms with Gasteiger partial charge < -0.3 is 18.6 Å². The van der Waals surface area contributed by atoms with Crippen LogP contribution in [0.5, 0.6) is 11.5 Å². The highest BCUT2D eigenvalue weighted by Gasteiger charge is 2.72. The first kappa shape index (κ1) is 32.6. The van der Waals surface area contributed by atoms with Crippen LogP contribution in [0, 0.1) is 0 Å². The number of carbonyl (C=O) groups is 1. The predicted molar refractivity (Wildman–Crippen MR) is 144 cm³/mol. The lowest BCUT2D eigenvalue weighted by Crippen LogP contribution is -2.58. The molecule has 42 heavy (non-hydrogen) atoms. The summed E-state index contributed by atoms with van der Waals surface area (Å²) in [7, 11) is 1.46. The Bertz CT molecular complexity index is 1500. The molecule has 0 aliphatic rings. The number of unbranched alkanes of at least 4 members (excludes halogenated alkanes) is 2. The fourth-order valence-corrected chi connectivity index (χ4v) is 3.96. The van der Waals surface area contributed by atoms with Crippen molar-refractivity contribution in [2.75, 3.05) is 20.3 Å². The molecule has 0 radical (unpaired) electrons. The number of methoxy groups -OCH3 is 1. The molecule has 0 bridgehead atoms. The van der Waals surface area contributed by atoms with Gasteiger partial charge in [0.2, 0.25) is 0 Å². The lowest BCUT2D eigenvalue weighted by atomic mass is 10.00. The molecule has 228 valence electrons. The number of fused-ring (bicyclic) bond motifs is 1. The van der Waals surface area contributed by atoms with E-state index in [2.05, 4.69) is 18.2 Å². The van der Waals surface area contributed by atoms with Gasteiger partial charge in [0.1, 0.15) is 17.1 Å². The summed E-state index contributed by atoms with van der Waals surface area (Å²) in [4.78, 5) is 24.1. The Kier molecular flexibility index (Phi) is 10.0. The van der Waals surface area contributed by atoms with Crippen LogP contribution in [-0.4, -0.2) is 44.1 Å². The molecule has 1 aromatic heterocycles. The van der Waals surface area contributed by atoms with E-state index in [4.69, 9.17) is 13.9 Å². The average Bonchev–Trinajstić information content (AvgIpc) is 2.94. The monoisotopic (exact) mass is 600 g/mol. The molecule has 0 fully saturated rings. The number of hydrogen-bond acceptors (Lipinski definition) is 6. The Balaban J connectivity index is 1.80. The van der Waals surface area contributed by atoms with E-state index in [1.54, 1.807) is 6.07 Å². The Hall–Kier alpha value is -3.96. The van der Waals surface area contributed by atoms with E-state index in [9.17, 15) is 35.9 Å². The molecule has 12 heteroatoms. The number of rotatable bonds is 14. The number of carbonyl (C=O) groups excluding carboxylic acids is 1. The van der Waals surface area contributed by atoms with Crippen LogP contribution in [0.15, 0.2) is 63.8 Å². The summed E-state index contributed by atoms with van der Waals surface area (Å²) < 4.78 is 104. The van der Waals surface area contributed by atoms with Crippen molar-refractivity contribution >= 4 is 16.9 Å². The van der Waals surface area contributed by atoms with Crippen molar-refractivity contribution in [3.63, 3.8) is 0 Å². The van der Waals surface area contributed by atoms with Crippen LogP contribution < -0.4 is 15.1 Å². The Morgan fingerprint density at radius 1 is 0.929 bits per heavy atom. The topological polar surface area (TPSA) is 75.0 Å². The van der Waals surface area contributed by atoms with E-state index >= 15 is 0 Å². The van der Waals surface area contributed by atoms with E-state index in [0.29, 0.717) is 16.7 Å². The molecule has 0 spiro atoms. The lowest BCUT2D eigenvalue weighted by molar-refractivity contribution is -0.322. The number of halogens is 6. The standard InChI is InChI=1S/C30H30F6O6/c1-5-6-7-8-19-9-12-22(25(13-19)39-4)23-14-20-10-11-21(15-24(20)42-27(23)38)40-16-28(31,32)30(35,36)29(33,34)17-41-26(37)18(2)3/h9-15H,2,5-8,16-17H2,1,3-4H3. The van der Waals surface area contributed by atoms with Crippen molar-refractivity contribution in [3.05, 3.63) is 70.6 Å². The third-order valence-electron chi connectivity index (χ3n) is 6.40. The molecule has 0 aliphatic heterocycles. The Morgan fingerprint density at radius 2 is 1.62 bits per heavy atom. The van der Waals surface area contributed by atoms with Crippen molar-refractivity contribution in [2.24, 2.45) is 0 Å². The summed E-state index contributed by atoms with van der Waals surface area (Å²) in [5.41, 5.74) is 0.359. The van der Waals surface area contributed by atoms with E-state index in [0.717, 1.165) is 50.3 Å². The number of esters is 1. The highest BCUT2D eigenvalue weighted by Crippen LogP contribution is 2.46. The molecule has 0 atom stereocenters. The van der Waals surface area contributed by atoms with Gasteiger partial charge in [0.25, 0.3) is 0 Å². The number of aryl methyl sites for hydroxylation is 1. The van der Waals surface area contributed by atoms with Gasteiger partial charge in [-0.05, 0) is 49.6 Å². The molecule has 0 aliphatic carbocycles. The largest absolute Gasteiger partial charge is 0.496 e. The number of benzene rings is 2. The molecule has 0 saturated carbocycles. The molecule has 1 heterocycles. The van der Waals surface area contributed by atoms with Gasteiger partial charge in [0.05, 0.1) is 12.7 Å². The zero-order chi connectivity index (χ0) is 31.3. The van der Waals surface area contributed by atoms with Gasteiger partial charge in [-0.1, -0.05) is 38.5 Å². The smallest absolute Gasteiger partial charge is 0.378 e. The van der Waals surface area contributed by atoms with Crippen molar-refractivity contribution in [1.82, 2.24) is 0 Å². The summed E-state index contributed by atoms with van der Waals surface area (Å²) in [5, 5.41) is 0.342. The maximum absolute atomic E-state index is 14.3. The minimum atomic E-state index is -5.95. The van der Waals surface area contributed by atoms with Crippen molar-refractivity contribution < 1.29 is 49.8 Å². The average molecular weight is 601 g/mol. The van der Waals surface area contributed by atoms with Crippen molar-refractivity contribution in [1.29, 1.82) is 0 Å². The van der Waals surface area contributed by atoms with E-state index in [-0.39, 0.29) is 16.7 Å². The van der Waals surface area contributed by atoms with E-state index in [1.807, 2.05) is 12.1 Å². The number of alkyl halides is 6. The van der Waals surface area contributed by atoms with Crippen LogP contribution in [0.25, 0.3) is 22.1 Å². The zero-order valence-electron chi connectivity index (χ0n) is 23.2. The molecule has 0 saturated heterocycles. The normalized spacial score (nSPS) is 12.3. The van der Waals surface area contributed by atoms with Gasteiger partial charge in [-0.25, -0.2) is 9.59 Å². The molecule has 3 rings (SSSR count). The number of ether oxygens (including phenoxy) is 3. The molecule has 0 unspecified atom stereocenters. The minimum absolute atomic E-state index is 0.122. The first-order chi connectivity index (χ1) is 19.6. The van der Waals surface area contributed by atoms with Crippen molar-refractivity contribution in [3.8, 4) is 22.6 Å². The van der Waals surface area contributed by atoms with Gasteiger partial charge in [0, 0.05) is 22.6 Å². The fourth-order valence-electron chi connectivity index (χ4n) is 3.96. The molecule has 0 N–H and O–H groups in total. The van der Waals surface area contributed by atoms with Crippen LogP contribution in [0.4, 0.5) is 26.3 Å². The Morgan fingerprint density at radius 3 is 2.26 bits per heavy atom. The van der Waals surface area contributed by atoms with Gasteiger partial charge in [-0.3, -0.25) is 0 Å².